The molecule has 0 aliphatic carbocycles. The Balaban J connectivity index is 1.52. The minimum Gasteiger partial charge on any atom is -0.379 e. The number of benzene rings is 1. The Bertz CT molecular complexity index is 1130. The zero-order valence-electron chi connectivity index (χ0n) is 17.8. The van der Waals surface area contributed by atoms with Gasteiger partial charge in [-0.3, -0.25) is 14.0 Å². The predicted molar refractivity (Wildman–Crippen MR) is 119 cm³/mol. The van der Waals surface area contributed by atoms with Crippen LogP contribution < -0.4 is 10.9 Å². The molecule has 1 amide bonds. The molecule has 1 aliphatic heterocycles. The molecular formula is C24H28N4O2. The fourth-order valence-electron chi connectivity index (χ4n) is 4.34. The molecule has 1 aliphatic rings. The summed E-state index contributed by atoms with van der Waals surface area (Å²) in [6.45, 7) is 8.45. The average Bonchev–Trinajstić information content (AvgIpc) is 2.72. The van der Waals surface area contributed by atoms with Gasteiger partial charge in [0.15, 0.2) is 0 Å². The lowest BCUT2D eigenvalue weighted by Gasteiger charge is -2.35. The number of rotatable bonds is 4. The van der Waals surface area contributed by atoms with Crippen LogP contribution in [0.5, 0.6) is 0 Å². The molecule has 2 aromatic heterocycles. The van der Waals surface area contributed by atoms with Crippen LogP contribution in [-0.2, 0) is 6.54 Å². The molecular weight excluding hydrogens is 376 g/mol. The van der Waals surface area contributed by atoms with Crippen molar-refractivity contribution in [3.63, 3.8) is 0 Å². The van der Waals surface area contributed by atoms with Gasteiger partial charge in [0.2, 0.25) is 0 Å². The highest BCUT2D eigenvalue weighted by Gasteiger charge is 2.26. The summed E-state index contributed by atoms with van der Waals surface area (Å²) in [5.74, 6) is 1.14. The number of piperidine rings is 1. The molecule has 0 bridgehead atoms. The maximum Gasteiger partial charge on any atom is 0.258 e. The number of fused-ring (bicyclic) bond motifs is 1. The summed E-state index contributed by atoms with van der Waals surface area (Å²) in [7, 11) is 0. The largest absolute Gasteiger partial charge is 0.379 e. The van der Waals surface area contributed by atoms with Crippen molar-refractivity contribution in [3.8, 4) is 0 Å². The van der Waals surface area contributed by atoms with Crippen LogP contribution in [0.4, 0.5) is 5.69 Å². The smallest absolute Gasteiger partial charge is 0.258 e. The second-order valence-corrected chi connectivity index (χ2v) is 8.55. The van der Waals surface area contributed by atoms with Crippen LogP contribution in [0, 0.1) is 18.8 Å². The van der Waals surface area contributed by atoms with E-state index in [1.54, 1.807) is 12.3 Å². The van der Waals surface area contributed by atoms with E-state index in [9.17, 15) is 9.59 Å². The van der Waals surface area contributed by atoms with Crippen molar-refractivity contribution in [2.45, 2.75) is 33.7 Å². The normalized spacial score (nSPS) is 19.1. The maximum absolute atomic E-state index is 13.1. The van der Waals surface area contributed by atoms with Gasteiger partial charge in [0.05, 0.1) is 12.2 Å². The van der Waals surface area contributed by atoms with Crippen molar-refractivity contribution in [3.05, 3.63) is 75.8 Å². The lowest BCUT2D eigenvalue weighted by molar-refractivity contribution is 0.0623. The molecule has 30 heavy (non-hydrogen) atoms. The average molecular weight is 405 g/mol. The standard InChI is InChI=1S/C24H28N4O2/c1-16-10-17(2)15-27(14-16)24(30)19-8-7-18(3)21(11-19)25-13-20-12-23(29)28-9-5-4-6-22(28)26-20/h4-9,11-12,16-17,25H,10,13-15H2,1-3H3. The van der Waals surface area contributed by atoms with Gasteiger partial charge in [0.25, 0.3) is 11.5 Å². The number of pyridine rings is 1. The molecule has 0 radical (unpaired) electrons. The van der Waals surface area contributed by atoms with Gasteiger partial charge in [-0.25, -0.2) is 4.98 Å². The van der Waals surface area contributed by atoms with Crippen LogP contribution in [0.25, 0.3) is 5.65 Å². The number of carbonyl (C=O) groups is 1. The van der Waals surface area contributed by atoms with Gasteiger partial charge in [-0.2, -0.15) is 0 Å². The highest BCUT2D eigenvalue weighted by Crippen LogP contribution is 2.24. The monoisotopic (exact) mass is 404 g/mol. The maximum atomic E-state index is 13.1. The Morgan fingerprint density at radius 2 is 1.90 bits per heavy atom. The van der Waals surface area contributed by atoms with Crippen LogP contribution in [0.1, 0.15) is 41.9 Å². The lowest BCUT2D eigenvalue weighted by atomic mass is 9.91. The van der Waals surface area contributed by atoms with Gasteiger partial charge in [0, 0.05) is 36.6 Å². The second kappa shape index (κ2) is 8.30. The number of aryl methyl sites for hydroxylation is 1. The van der Waals surface area contributed by atoms with Crippen molar-refractivity contribution in [1.29, 1.82) is 0 Å². The van der Waals surface area contributed by atoms with E-state index in [0.29, 0.717) is 35.3 Å². The Morgan fingerprint density at radius 1 is 1.13 bits per heavy atom. The molecule has 1 saturated heterocycles. The first-order valence-corrected chi connectivity index (χ1v) is 10.5. The van der Waals surface area contributed by atoms with Crippen LogP contribution in [0.15, 0.2) is 53.5 Å². The van der Waals surface area contributed by atoms with Crippen molar-refractivity contribution >= 4 is 17.2 Å². The van der Waals surface area contributed by atoms with Crippen molar-refractivity contribution in [1.82, 2.24) is 14.3 Å². The van der Waals surface area contributed by atoms with Crippen LogP contribution in [0.2, 0.25) is 0 Å². The van der Waals surface area contributed by atoms with Crippen molar-refractivity contribution in [2.24, 2.45) is 11.8 Å². The third-order valence-corrected chi connectivity index (χ3v) is 5.72. The molecule has 2 atom stereocenters. The summed E-state index contributed by atoms with van der Waals surface area (Å²) in [5.41, 5.74) is 3.80. The number of hydrogen-bond acceptors (Lipinski definition) is 4. The van der Waals surface area contributed by atoms with Gasteiger partial charge < -0.3 is 10.2 Å². The number of carbonyl (C=O) groups excluding carboxylic acids is 1. The van der Waals surface area contributed by atoms with Crippen LogP contribution in [-0.4, -0.2) is 33.3 Å². The van der Waals surface area contributed by atoms with E-state index in [4.69, 9.17) is 0 Å². The fraction of sp³-hybridized carbons (Fsp3) is 0.375. The molecule has 3 heterocycles. The molecule has 156 valence electrons. The Labute approximate surface area is 176 Å². The highest BCUT2D eigenvalue weighted by molar-refractivity contribution is 5.95. The van der Waals surface area contributed by atoms with E-state index in [-0.39, 0.29) is 11.5 Å². The first kappa shape index (κ1) is 20.1. The summed E-state index contributed by atoms with van der Waals surface area (Å²) < 4.78 is 1.52. The summed E-state index contributed by atoms with van der Waals surface area (Å²) in [6.07, 6.45) is 2.88. The van der Waals surface area contributed by atoms with E-state index in [1.165, 1.54) is 10.8 Å². The van der Waals surface area contributed by atoms with E-state index in [1.807, 2.05) is 48.2 Å². The zero-order valence-corrected chi connectivity index (χ0v) is 17.8. The third kappa shape index (κ3) is 4.22. The van der Waals surface area contributed by atoms with Crippen LogP contribution >= 0.6 is 0 Å². The van der Waals surface area contributed by atoms with Gasteiger partial charge in [-0.15, -0.1) is 0 Å². The topological polar surface area (TPSA) is 66.7 Å². The molecule has 3 aromatic rings. The van der Waals surface area contributed by atoms with E-state index in [0.717, 1.165) is 24.3 Å². The molecule has 1 N–H and O–H groups in total. The van der Waals surface area contributed by atoms with Gasteiger partial charge >= 0.3 is 0 Å². The molecule has 0 spiro atoms. The fourth-order valence-corrected chi connectivity index (χ4v) is 4.34. The molecule has 6 nitrogen and oxygen atoms in total. The molecule has 4 rings (SSSR count). The minimum atomic E-state index is -0.105. The van der Waals surface area contributed by atoms with Gasteiger partial charge in [-0.05, 0) is 55.0 Å². The van der Waals surface area contributed by atoms with Crippen LogP contribution in [0.3, 0.4) is 0 Å². The first-order valence-electron chi connectivity index (χ1n) is 10.5. The lowest BCUT2D eigenvalue weighted by Crippen LogP contribution is -2.42. The number of aromatic nitrogens is 2. The van der Waals surface area contributed by atoms with E-state index in [2.05, 4.69) is 24.1 Å². The predicted octanol–water partition coefficient (Wildman–Crippen LogP) is 3.73. The molecule has 0 saturated carbocycles. The van der Waals surface area contributed by atoms with E-state index >= 15 is 0 Å². The van der Waals surface area contributed by atoms with E-state index < -0.39 is 0 Å². The Hall–Kier alpha value is -3.15. The minimum absolute atomic E-state index is 0.0820. The number of anilines is 1. The molecule has 2 unspecified atom stereocenters. The SMILES string of the molecule is Cc1ccc(C(=O)N2CC(C)CC(C)C2)cc1NCc1cc(=O)n2ccccc2n1. The third-order valence-electron chi connectivity index (χ3n) is 5.72. The molecule has 6 heteroatoms. The number of nitrogens with zero attached hydrogens (tertiary/aromatic N) is 3. The number of amides is 1. The summed E-state index contributed by atoms with van der Waals surface area (Å²) in [6, 6.07) is 12.8. The molecule has 1 aromatic carbocycles. The first-order chi connectivity index (χ1) is 14.4. The molecule has 1 fully saturated rings. The highest BCUT2D eigenvalue weighted by atomic mass is 16.2. The van der Waals surface area contributed by atoms with Gasteiger partial charge in [-0.1, -0.05) is 26.0 Å². The van der Waals surface area contributed by atoms with Crippen molar-refractivity contribution in [2.75, 3.05) is 18.4 Å². The number of hydrogen-bond donors (Lipinski definition) is 1. The number of nitrogens with one attached hydrogen (secondary N) is 1. The Kier molecular flexibility index (Phi) is 5.57. The quantitative estimate of drug-likeness (QED) is 0.719. The van der Waals surface area contributed by atoms with Crippen molar-refractivity contribution < 1.29 is 4.79 Å². The number of likely N-dealkylation sites (tertiary alicyclic amines) is 1. The Morgan fingerprint density at radius 3 is 2.67 bits per heavy atom. The van der Waals surface area contributed by atoms with Gasteiger partial charge in [0.1, 0.15) is 5.65 Å². The summed E-state index contributed by atoms with van der Waals surface area (Å²) in [5, 5.41) is 3.36. The summed E-state index contributed by atoms with van der Waals surface area (Å²) in [4.78, 5) is 31.9. The second-order valence-electron chi connectivity index (χ2n) is 8.55. The zero-order chi connectivity index (χ0) is 21.3. The summed E-state index contributed by atoms with van der Waals surface area (Å²) >= 11 is 0.